The van der Waals surface area contributed by atoms with Crippen LogP contribution in [0.2, 0.25) is 0 Å². The number of benzene rings is 2. The third kappa shape index (κ3) is 3.33. The average Bonchev–Trinajstić information content (AvgIpc) is 3.46. The first-order valence-corrected chi connectivity index (χ1v) is 10.8. The van der Waals surface area contributed by atoms with Crippen LogP contribution < -0.4 is 14.8 Å². The maximum absolute atomic E-state index is 13.3. The van der Waals surface area contributed by atoms with E-state index in [1.807, 2.05) is 35.3 Å². The van der Waals surface area contributed by atoms with Gasteiger partial charge in [0.2, 0.25) is 11.8 Å². The molecule has 3 aliphatic heterocycles. The van der Waals surface area contributed by atoms with E-state index in [1.54, 1.807) is 32.4 Å². The molecule has 2 saturated heterocycles. The summed E-state index contributed by atoms with van der Waals surface area (Å²) in [5.74, 6) is -0.210. The van der Waals surface area contributed by atoms with E-state index >= 15 is 0 Å². The second kappa shape index (κ2) is 7.98. The highest BCUT2D eigenvalue weighted by Crippen LogP contribution is 2.52. The molecule has 1 N–H and O–H groups in total. The molecule has 32 heavy (non-hydrogen) atoms. The summed E-state index contributed by atoms with van der Waals surface area (Å²) in [4.78, 5) is 28.4. The topological polar surface area (TPSA) is 77.1 Å². The van der Waals surface area contributed by atoms with Gasteiger partial charge in [-0.15, -0.1) is 0 Å². The third-order valence-electron chi connectivity index (χ3n) is 6.65. The molecule has 0 radical (unpaired) electrons. The smallest absolute Gasteiger partial charge is 0.231 e. The molecule has 4 atom stereocenters. The lowest BCUT2D eigenvalue weighted by molar-refractivity contribution is -0.135. The summed E-state index contributed by atoms with van der Waals surface area (Å²) in [5, 5.41) is 2.94. The Labute approximate surface area is 186 Å². The van der Waals surface area contributed by atoms with Gasteiger partial charge in [-0.2, -0.15) is 0 Å². The molecule has 5 rings (SSSR count). The normalized spacial score (nSPS) is 27.5. The van der Waals surface area contributed by atoms with Gasteiger partial charge in [0.15, 0.2) is 11.5 Å². The van der Waals surface area contributed by atoms with Crippen LogP contribution in [-0.2, 0) is 20.7 Å². The Kier molecular flexibility index (Phi) is 5.13. The van der Waals surface area contributed by atoms with Crippen molar-refractivity contribution >= 4 is 17.5 Å². The second-order valence-electron chi connectivity index (χ2n) is 8.45. The van der Waals surface area contributed by atoms with Gasteiger partial charge in [-0.3, -0.25) is 9.59 Å². The van der Waals surface area contributed by atoms with Gasteiger partial charge in [-0.1, -0.05) is 42.5 Å². The highest BCUT2D eigenvalue weighted by molar-refractivity contribution is 5.99. The van der Waals surface area contributed by atoms with Crippen LogP contribution >= 0.6 is 0 Å². The number of likely N-dealkylation sites (tertiary alicyclic amines) is 1. The standard InChI is InChI=1S/C25H26N2O5/c1-30-18-9-8-17(14-20(18)31-2)26-23(28)21-19-10-12-25(32-19)15-27(24(29)22(21)25)13-11-16-6-4-3-5-7-16/h3-10,12,14,19,21-22H,11,13,15H2,1-2H3,(H,26,28). The van der Waals surface area contributed by atoms with Gasteiger partial charge in [0.1, 0.15) is 5.60 Å². The van der Waals surface area contributed by atoms with Crippen LogP contribution in [0.3, 0.4) is 0 Å². The first-order chi connectivity index (χ1) is 15.5. The lowest BCUT2D eigenvalue weighted by Crippen LogP contribution is -2.41. The number of nitrogens with zero attached hydrogens (tertiary/aromatic N) is 1. The summed E-state index contributed by atoms with van der Waals surface area (Å²) in [6.07, 6.45) is 4.28. The molecule has 2 aromatic carbocycles. The van der Waals surface area contributed by atoms with Gasteiger partial charge in [0.05, 0.1) is 38.7 Å². The Morgan fingerprint density at radius 3 is 2.69 bits per heavy atom. The van der Waals surface area contributed by atoms with Crippen molar-refractivity contribution in [2.24, 2.45) is 11.8 Å². The predicted molar refractivity (Wildman–Crippen MR) is 119 cm³/mol. The molecular formula is C25H26N2O5. The molecule has 1 spiro atoms. The van der Waals surface area contributed by atoms with Crippen LogP contribution in [0.4, 0.5) is 5.69 Å². The quantitative estimate of drug-likeness (QED) is 0.678. The molecule has 4 unspecified atom stereocenters. The maximum Gasteiger partial charge on any atom is 0.231 e. The summed E-state index contributed by atoms with van der Waals surface area (Å²) in [7, 11) is 3.10. The maximum atomic E-state index is 13.3. The number of rotatable bonds is 7. The molecule has 7 nitrogen and oxygen atoms in total. The molecule has 2 bridgehead atoms. The number of nitrogens with one attached hydrogen (secondary N) is 1. The molecule has 2 amide bonds. The second-order valence-corrected chi connectivity index (χ2v) is 8.45. The van der Waals surface area contributed by atoms with Gasteiger partial charge in [0, 0.05) is 18.3 Å². The molecular weight excluding hydrogens is 408 g/mol. The molecule has 7 heteroatoms. The average molecular weight is 434 g/mol. The van der Waals surface area contributed by atoms with Gasteiger partial charge < -0.3 is 24.4 Å². The van der Waals surface area contributed by atoms with Crippen molar-refractivity contribution in [3.8, 4) is 11.5 Å². The Hall–Kier alpha value is -3.32. The Morgan fingerprint density at radius 1 is 1.16 bits per heavy atom. The third-order valence-corrected chi connectivity index (χ3v) is 6.65. The number of carbonyl (C=O) groups is 2. The molecule has 0 aromatic heterocycles. The SMILES string of the molecule is COc1ccc(NC(=O)C2C3C=CC4(CN(CCc5ccccc5)C(=O)C24)O3)cc1OC. The fourth-order valence-corrected chi connectivity index (χ4v) is 5.12. The Balaban J connectivity index is 1.32. The minimum Gasteiger partial charge on any atom is -0.493 e. The van der Waals surface area contributed by atoms with E-state index in [0.29, 0.717) is 30.3 Å². The lowest BCUT2D eigenvalue weighted by Gasteiger charge is -2.23. The number of carbonyl (C=O) groups excluding carboxylic acids is 2. The summed E-state index contributed by atoms with van der Waals surface area (Å²) in [6, 6.07) is 15.3. The lowest BCUT2D eigenvalue weighted by atomic mass is 9.77. The van der Waals surface area contributed by atoms with E-state index in [-0.39, 0.29) is 17.9 Å². The van der Waals surface area contributed by atoms with Crippen molar-refractivity contribution in [1.29, 1.82) is 0 Å². The number of ether oxygens (including phenoxy) is 3. The van der Waals surface area contributed by atoms with Crippen LogP contribution in [0.5, 0.6) is 11.5 Å². The monoisotopic (exact) mass is 434 g/mol. The van der Waals surface area contributed by atoms with E-state index in [1.165, 1.54) is 5.56 Å². The van der Waals surface area contributed by atoms with E-state index < -0.39 is 17.4 Å². The van der Waals surface area contributed by atoms with Crippen molar-refractivity contribution in [2.45, 2.75) is 18.1 Å². The molecule has 3 heterocycles. The number of hydrogen-bond acceptors (Lipinski definition) is 5. The minimum atomic E-state index is -0.710. The van der Waals surface area contributed by atoms with Gasteiger partial charge in [-0.05, 0) is 24.1 Å². The summed E-state index contributed by atoms with van der Waals surface area (Å²) < 4.78 is 16.8. The molecule has 2 fully saturated rings. The predicted octanol–water partition coefficient (Wildman–Crippen LogP) is 2.67. The Bertz CT molecular complexity index is 1070. The fourth-order valence-electron chi connectivity index (χ4n) is 5.12. The van der Waals surface area contributed by atoms with Crippen molar-refractivity contribution in [2.75, 3.05) is 32.6 Å². The fraction of sp³-hybridized carbons (Fsp3) is 0.360. The zero-order chi connectivity index (χ0) is 22.3. The highest BCUT2D eigenvalue weighted by Gasteiger charge is 2.66. The minimum absolute atomic E-state index is 0.0137. The number of methoxy groups -OCH3 is 2. The molecule has 166 valence electrons. The first kappa shape index (κ1) is 20.6. The first-order valence-electron chi connectivity index (χ1n) is 10.8. The van der Waals surface area contributed by atoms with Crippen LogP contribution in [0.1, 0.15) is 5.56 Å². The van der Waals surface area contributed by atoms with Crippen molar-refractivity contribution < 1.29 is 23.8 Å². The Morgan fingerprint density at radius 2 is 1.94 bits per heavy atom. The van der Waals surface area contributed by atoms with Gasteiger partial charge in [0.25, 0.3) is 0 Å². The number of amides is 2. The van der Waals surface area contributed by atoms with E-state index in [4.69, 9.17) is 14.2 Å². The van der Waals surface area contributed by atoms with Crippen LogP contribution in [0.15, 0.2) is 60.7 Å². The summed E-state index contributed by atoms with van der Waals surface area (Å²) in [6.45, 7) is 1.09. The largest absolute Gasteiger partial charge is 0.493 e. The van der Waals surface area contributed by atoms with Crippen LogP contribution in [-0.4, -0.2) is 55.7 Å². The number of hydrogen-bond donors (Lipinski definition) is 1. The van der Waals surface area contributed by atoms with Crippen molar-refractivity contribution in [1.82, 2.24) is 4.90 Å². The van der Waals surface area contributed by atoms with Gasteiger partial charge >= 0.3 is 0 Å². The van der Waals surface area contributed by atoms with E-state index in [0.717, 1.165) is 6.42 Å². The molecule has 2 aromatic rings. The molecule has 0 aliphatic carbocycles. The number of anilines is 1. The zero-order valence-corrected chi connectivity index (χ0v) is 18.1. The number of fused-ring (bicyclic) bond motifs is 1. The summed E-state index contributed by atoms with van der Waals surface area (Å²) >= 11 is 0. The van der Waals surface area contributed by atoms with E-state index in [2.05, 4.69) is 17.4 Å². The molecule has 3 aliphatic rings. The molecule has 0 saturated carbocycles. The highest BCUT2D eigenvalue weighted by atomic mass is 16.5. The van der Waals surface area contributed by atoms with E-state index in [9.17, 15) is 9.59 Å². The van der Waals surface area contributed by atoms with Crippen LogP contribution in [0, 0.1) is 11.8 Å². The van der Waals surface area contributed by atoms with Gasteiger partial charge in [-0.25, -0.2) is 0 Å². The summed E-state index contributed by atoms with van der Waals surface area (Å²) in [5.41, 5.74) is 1.05. The van der Waals surface area contributed by atoms with Crippen molar-refractivity contribution in [3.05, 3.63) is 66.2 Å². The zero-order valence-electron chi connectivity index (χ0n) is 18.1. The van der Waals surface area contributed by atoms with Crippen molar-refractivity contribution in [3.63, 3.8) is 0 Å². The van der Waals surface area contributed by atoms with Crippen LogP contribution in [0.25, 0.3) is 0 Å².